The zero-order valence-corrected chi connectivity index (χ0v) is 11.8. The fraction of sp³-hybridized carbons (Fsp3) is 1.00. The number of fused-ring (bicyclic) bond motifs is 1. The van der Waals surface area contributed by atoms with Crippen LogP contribution in [0.4, 0.5) is 0 Å². The van der Waals surface area contributed by atoms with E-state index in [2.05, 4.69) is 27.7 Å². The van der Waals surface area contributed by atoms with Crippen molar-refractivity contribution >= 4 is 0 Å². The smallest absolute Gasteiger partial charge is 0.0235 e. The Morgan fingerprint density at radius 2 is 1.94 bits per heavy atom. The number of hydrogen-bond donors (Lipinski definition) is 0. The van der Waals surface area contributed by atoms with Gasteiger partial charge < -0.3 is 0 Å². The Morgan fingerprint density at radius 1 is 1.19 bits per heavy atom. The average Bonchev–Trinajstić information content (AvgIpc) is 2.74. The van der Waals surface area contributed by atoms with E-state index >= 15 is 0 Å². The zero-order chi connectivity index (χ0) is 11.8. The summed E-state index contributed by atoms with van der Waals surface area (Å²) >= 11 is 0. The van der Waals surface area contributed by atoms with Crippen LogP contribution in [-0.4, -0.2) is 0 Å². The number of hydrogen-bond acceptors (Lipinski definition) is 0. The lowest BCUT2D eigenvalue weighted by Gasteiger charge is -2.24. The van der Waals surface area contributed by atoms with E-state index < -0.39 is 0 Å². The molecule has 0 aromatic heterocycles. The molecular formula is C16H30. The largest absolute Gasteiger partial charge is 0.0654 e. The molecule has 5 unspecified atom stereocenters. The van der Waals surface area contributed by atoms with Gasteiger partial charge in [-0.25, -0.2) is 0 Å². The highest BCUT2D eigenvalue weighted by atomic mass is 14.8. The van der Waals surface area contributed by atoms with Gasteiger partial charge in [-0.05, 0) is 35.5 Å². The maximum atomic E-state index is 2.57. The van der Waals surface area contributed by atoms with Gasteiger partial charge >= 0.3 is 0 Å². The lowest BCUT2D eigenvalue weighted by atomic mass is 9.81. The van der Waals surface area contributed by atoms with Gasteiger partial charge in [-0.3, -0.25) is 0 Å². The third kappa shape index (κ3) is 1.83. The standard InChI is InChI=1S/C16H30/c1-5-7-8-9-10-13-11-14-15(13)16(14,4)12(3)6-2/h12-15H,5-11H2,1-4H3. The summed E-state index contributed by atoms with van der Waals surface area (Å²) < 4.78 is 0. The summed E-state index contributed by atoms with van der Waals surface area (Å²) in [5, 5.41) is 0. The predicted molar refractivity (Wildman–Crippen MR) is 71.4 cm³/mol. The van der Waals surface area contributed by atoms with Crippen LogP contribution in [0.3, 0.4) is 0 Å². The van der Waals surface area contributed by atoms with Gasteiger partial charge in [-0.15, -0.1) is 0 Å². The van der Waals surface area contributed by atoms with Crippen LogP contribution < -0.4 is 0 Å². The molecule has 0 heterocycles. The van der Waals surface area contributed by atoms with E-state index in [0.717, 1.165) is 29.1 Å². The molecule has 5 atom stereocenters. The second-order valence-corrected chi connectivity index (χ2v) is 6.65. The van der Waals surface area contributed by atoms with Crippen LogP contribution >= 0.6 is 0 Å². The first-order valence-corrected chi connectivity index (χ1v) is 7.66. The van der Waals surface area contributed by atoms with Crippen LogP contribution in [0, 0.1) is 29.1 Å². The molecule has 2 rings (SSSR count). The Morgan fingerprint density at radius 3 is 2.56 bits per heavy atom. The molecule has 0 heteroatoms. The monoisotopic (exact) mass is 222 g/mol. The van der Waals surface area contributed by atoms with Gasteiger partial charge in [0.05, 0.1) is 0 Å². The molecule has 0 spiro atoms. The van der Waals surface area contributed by atoms with Crippen LogP contribution in [0.25, 0.3) is 0 Å². The molecule has 0 amide bonds. The third-order valence-corrected chi connectivity index (χ3v) is 6.01. The van der Waals surface area contributed by atoms with Crippen molar-refractivity contribution in [1.82, 2.24) is 0 Å². The Bertz CT molecular complexity index is 232. The molecule has 0 N–H and O–H groups in total. The lowest BCUT2D eigenvalue weighted by molar-refractivity contribution is 0.254. The van der Waals surface area contributed by atoms with Crippen molar-refractivity contribution in [3.05, 3.63) is 0 Å². The van der Waals surface area contributed by atoms with Crippen LogP contribution in [-0.2, 0) is 0 Å². The first kappa shape index (κ1) is 12.5. The van der Waals surface area contributed by atoms with Crippen molar-refractivity contribution in [1.29, 1.82) is 0 Å². The topological polar surface area (TPSA) is 0 Å². The summed E-state index contributed by atoms with van der Waals surface area (Å²) in [5.74, 6) is 4.33. The van der Waals surface area contributed by atoms with Gasteiger partial charge in [0.25, 0.3) is 0 Å². The number of unbranched alkanes of at least 4 members (excludes halogenated alkanes) is 3. The van der Waals surface area contributed by atoms with Crippen molar-refractivity contribution in [3.63, 3.8) is 0 Å². The van der Waals surface area contributed by atoms with E-state index in [1.807, 2.05) is 0 Å². The highest BCUT2D eigenvalue weighted by Crippen LogP contribution is 2.77. The minimum atomic E-state index is 0.754. The minimum Gasteiger partial charge on any atom is -0.0654 e. The molecule has 0 nitrogen and oxygen atoms in total. The second kappa shape index (κ2) is 4.70. The van der Waals surface area contributed by atoms with Gasteiger partial charge in [0.2, 0.25) is 0 Å². The van der Waals surface area contributed by atoms with E-state index in [1.54, 1.807) is 6.42 Å². The van der Waals surface area contributed by atoms with Gasteiger partial charge in [0, 0.05) is 0 Å². The van der Waals surface area contributed by atoms with Crippen molar-refractivity contribution in [2.45, 2.75) is 72.6 Å². The van der Waals surface area contributed by atoms with Gasteiger partial charge in [-0.2, -0.15) is 0 Å². The zero-order valence-electron chi connectivity index (χ0n) is 11.8. The van der Waals surface area contributed by atoms with E-state index in [0.29, 0.717) is 0 Å². The van der Waals surface area contributed by atoms with Gasteiger partial charge in [-0.1, -0.05) is 66.2 Å². The first-order chi connectivity index (χ1) is 7.66. The van der Waals surface area contributed by atoms with Crippen molar-refractivity contribution in [2.75, 3.05) is 0 Å². The second-order valence-electron chi connectivity index (χ2n) is 6.65. The first-order valence-electron chi connectivity index (χ1n) is 7.66. The SMILES string of the molecule is CCCCCCC1CC2C1C2(C)C(C)CC. The van der Waals surface area contributed by atoms with Crippen molar-refractivity contribution in [3.8, 4) is 0 Å². The molecule has 2 aliphatic rings. The molecule has 0 aliphatic heterocycles. The quantitative estimate of drug-likeness (QED) is 0.514. The summed E-state index contributed by atoms with van der Waals surface area (Å²) in [6, 6.07) is 0. The highest BCUT2D eigenvalue weighted by Gasteiger charge is 2.71. The molecule has 0 radical (unpaired) electrons. The van der Waals surface area contributed by atoms with Crippen LogP contribution in [0.5, 0.6) is 0 Å². The summed E-state index contributed by atoms with van der Waals surface area (Å²) in [6.45, 7) is 9.72. The molecule has 2 fully saturated rings. The minimum absolute atomic E-state index is 0.754. The molecule has 2 aliphatic carbocycles. The summed E-state index contributed by atoms with van der Waals surface area (Å²) in [4.78, 5) is 0. The van der Waals surface area contributed by atoms with Crippen molar-refractivity contribution < 1.29 is 0 Å². The van der Waals surface area contributed by atoms with E-state index in [4.69, 9.17) is 0 Å². The van der Waals surface area contributed by atoms with E-state index in [1.165, 1.54) is 38.5 Å². The molecular weight excluding hydrogens is 192 g/mol. The van der Waals surface area contributed by atoms with Crippen LogP contribution in [0.1, 0.15) is 72.6 Å². The maximum Gasteiger partial charge on any atom is -0.0235 e. The molecule has 16 heavy (non-hydrogen) atoms. The highest BCUT2D eigenvalue weighted by molar-refractivity contribution is 5.19. The van der Waals surface area contributed by atoms with E-state index in [9.17, 15) is 0 Å². The Kier molecular flexibility index (Phi) is 3.66. The van der Waals surface area contributed by atoms with Gasteiger partial charge in [0.1, 0.15) is 0 Å². The summed E-state index contributed by atoms with van der Waals surface area (Å²) in [5.41, 5.74) is 0.754. The molecule has 0 saturated heterocycles. The summed E-state index contributed by atoms with van der Waals surface area (Å²) in [7, 11) is 0. The van der Waals surface area contributed by atoms with E-state index in [-0.39, 0.29) is 0 Å². The van der Waals surface area contributed by atoms with Gasteiger partial charge in [0.15, 0.2) is 0 Å². The normalized spacial score (nSPS) is 42.4. The molecule has 0 aromatic carbocycles. The Labute approximate surface area is 102 Å². The Balaban J connectivity index is 1.70. The summed E-state index contributed by atoms with van der Waals surface area (Å²) in [6.07, 6.45) is 10.3. The average molecular weight is 222 g/mol. The maximum absolute atomic E-state index is 2.57. The third-order valence-electron chi connectivity index (χ3n) is 6.01. The van der Waals surface area contributed by atoms with Crippen LogP contribution in [0.15, 0.2) is 0 Å². The van der Waals surface area contributed by atoms with Crippen molar-refractivity contribution in [2.24, 2.45) is 29.1 Å². The Hall–Kier alpha value is 0. The molecule has 0 bridgehead atoms. The van der Waals surface area contributed by atoms with Crippen LogP contribution in [0.2, 0.25) is 0 Å². The fourth-order valence-corrected chi connectivity index (χ4v) is 4.44. The predicted octanol–water partition coefficient (Wildman–Crippen LogP) is 5.28. The molecule has 94 valence electrons. The number of rotatable bonds is 7. The fourth-order valence-electron chi connectivity index (χ4n) is 4.44. The molecule has 2 saturated carbocycles. The lowest BCUT2D eigenvalue weighted by Crippen LogP contribution is -2.16. The molecule has 0 aromatic rings.